The first kappa shape index (κ1) is 28.2. The highest BCUT2D eigenvalue weighted by Gasteiger charge is 2.26. The lowest BCUT2D eigenvalue weighted by molar-refractivity contribution is 0.864. The molecule has 10 aromatic rings. The molecule has 0 amide bonds. The van der Waals surface area contributed by atoms with E-state index in [1.54, 1.807) is 12.4 Å². The molecule has 0 atom stereocenters. The summed E-state index contributed by atoms with van der Waals surface area (Å²) in [5.41, 5.74) is 7.66. The fraction of sp³-hybridized carbons (Fsp3) is 0.105. The molecule has 0 bridgehead atoms. The van der Waals surface area contributed by atoms with Gasteiger partial charge in [0.2, 0.25) is 0 Å². The third-order valence-electron chi connectivity index (χ3n) is 9.06. The SMILES string of the molecule is Cc1nc(C)nc(C(c2nc(C)nc(C)n2)=c2n3c4nccnc4c4cccc(c5cccc6c7nc(-c8ccccc8)cnc7n2c56)c43)n1. The second-order valence-electron chi connectivity index (χ2n) is 12.3. The van der Waals surface area contributed by atoms with Gasteiger partial charge in [-0.25, -0.2) is 44.9 Å². The second kappa shape index (κ2) is 10.3. The number of fused-ring (bicyclic) bond motifs is 7. The third kappa shape index (κ3) is 3.98. The lowest BCUT2D eigenvalue weighted by Gasteiger charge is -2.10. The highest BCUT2D eigenvalue weighted by Crippen LogP contribution is 2.37. The van der Waals surface area contributed by atoms with Gasteiger partial charge in [-0.1, -0.05) is 66.7 Å². The van der Waals surface area contributed by atoms with E-state index in [1.807, 2.05) is 64.2 Å². The number of hydrogen-bond acceptors (Lipinski definition) is 10. The van der Waals surface area contributed by atoms with E-state index in [9.17, 15) is 0 Å². The van der Waals surface area contributed by atoms with Gasteiger partial charge in [0.05, 0.1) is 22.9 Å². The van der Waals surface area contributed by atoms with E-state index in [-0.39, 0.29) is 0 Å². The fourth-order valence-corrected chi connectivity index (χ4v) is 7.25. The Hall–Kier alpha value is -6.82. The number of hydrogen-bond donors (Lipinski definition) is 0. The van der Waals surface area contributed by atoms with E-state index >= 15 is 0 Å². The largest absolute Gasteiger partial charge is 0.276 e. The standard InChI is InChI=1S/C38H26N12/c1-19-42-20(2)45-34(44-19)29(35-46-21(3)43-22(4)47-35)38-49-32-24(12-8-14-26(32)30-36(49)40-17-16-39-30)25-13-9-15-27-31-37(50(38)33(25)27)41-18-28(48-31)23-10-6-5-7-11-23/h5-18H,1-4H3. The van der Waals surface area contributed by atoms with E-state index in [0.29, 0.717) is 57.3 Å². The minimum absolute atomic E-state index is 0.412. The van der Waals surface area contributed by atoms with Crippen molar-refractivity contribution < 1.29 is 0 Å². The molecule has 0 N–H and O–H groups in total. The maximum Gasteiger partial charge on any atom is 0.170 e. The molecule has 0 fully saturated rings. The Balaban J connectivity index is 1.60. The van der Waals surface area contributed by atoms with E-state index in [1.165, 1.54) is 0 Å². The van der Waals surface area contributed by atoms with Gasteiger partial charge in [0.25, 0.3) is 0 Å². The van der Waals surface area contributed by atoms with Crippen LogP contribution in [0.15, 0.2) is 85.3 Å². The lowest BCUT2D eigenvalue weighted by Crippen LogP contribution is -2.27. The van der Waals surface area contributed by atoms with Crippen molar-refractivity contribution in [3.05, 3.63) is 126 Å². The predicted octanol–water partition coefficient (Wildman–Crippen LogP) is 5.62. The van der Waals surface area contributed by atoms with Gasteiger partial charge in [-0.15, -0.1) is 0 Å². The third-order valence-corrected chi connectivity index (χ3v) is 9.06. The Morgan fingerprint density at radius 1 is 0.480 bits per heavy atom. The zero-order valence-corrected chi connectivity index (χ0v) is 27.4. The van der Waals surface area contributed by atoms with Gasteiger partial charge in [-0.05, 0) is 27.7 Å². The highest BCUT2D eigenvalue weighted by molar-refractivity contribution is 6.22. The summed E-state index contributed by atoms with van der Waals surface area (Å²) < 4.78 is 4.28. The van der Waals surface area contributed by atoms with Gasteiger partial charge < -0.3 is 0 Å². The molecule has 0 radical (unpaired) electrons. The van der Waals surface area contributed by atoms with Crippen LogP contribution >= 0.6 is 0 Å². The summed E-state index contributed by atoms with van der Waals surface area (Å²) in [5.74, 6) is 3.10. The molecule has 0 aliphatic carbocycles. The Morgan fingerprint density at radius 2 is 1.00 bits per heavy atom. The number of rotatable bonds is 3. The van der Waals surface area contributed by atoms with Crippen molar-refractivity contribution in [2.75, 3.05) is 0 Å². The van der Waals surface area contributed by atoms with Gasteiger partial charge in [-0.3, -0.25) is 13.8 Å². The van der Waals surface area contributed by atoms with Crippen molar-refractivity contribution in [2.24, 2.45) is 0 Å². The minimum Gasteiger partial charge on any atom is -0.276 e. The summed E-state index contributed by atoms with van der Waals surface area (Å²) in [5, 5.41) is 3.93. The Labute approximate surface area is 283 Å². The molecule has 0 unspecified atom stereocenters. The van der Waals surface area contributed by atoms with Crippen LogP contribution in [0.1, 0.15) is 34.9 Å². The zero-order valence-electron chi connectivity index (χ0n) is 27.4. The molecule has 0 saturated heterocycles. The zero-order chi connectivity index (χ0) is 33.7. The van der Waals surface area contributed by atoms with Gasteiger partial charge in [0.15, 0.2) is 22.9 Å². The predicted molar refractivity (Wildman–Crippen MR) is 190 cm³/mol. The summed E-state index contributed by atoms with van der Waals surface area (Å²) in [6.45, 7) is 7.43. The number of nitrogens with zero attached hydrogens (tertiary/aromatic N) is 12. The monoisotopic (exact) mass is 650 g/mol. The molecule has 50 heavy (non-hydrogen) atoms. The fourth-order valence-electron chi connectivity index (χ4n) is 7.25. The molecule has 12 heteroatoms. The van der Waals surface area contributed by atoms with Gasteiger partial charge in [-0.2, -0.15) is 0 Å². The molecule has 0 spiro atoms. The topological polar surface area (TPSA) is 138 Å². The molecule has 10 rings (SSSR count). The number of benzene rings is 3. The Bertz CT molecular complexity index is 3000. The van der Waals surface area contributed by atoms with Crippen molar-refractivity contribution in [2.45, 2.75) is 27.7 Å². The van der Waals surface area contributed by atoms with Crippen LogP contribution in [0.5, 0.6) is 0 Å². The van der Waals surface area contributed by atoms with E-state index in [2.05, 4.69) is 55.2 Å². The average Bonchev–Trinajstić information content (AvgIpc) is 3.58. The maximum atomic E-state index is 5.27. The van der Waals surface area contributed by atoms with Crippen LogP contribution in [0.2, 0.25) is 0 Å². The highest BCUT2D eigenvalue weighted by atomic mass is 15.1. The Morgan fingerprint density at radius 3 is 1.60 bits per heavy atom. The molecule has 7 aromatic heterocycles. The van der Waals surface area contributed by atoms with Crippen LogP contribution in [-0.2, 0) is 0 Å². The number of aryl methyl sites for hydroxylation is 4. The van der Waals surface area contributed by atoms with Crippen molar-refractivity contribution in [1.82, 2.24) is 58.6 Å². The molecule has 7 heterocycles. The smallest absolute Gasteiger partial charge is 0.170 e. The quantitative estimate of drug-likeness (QED) is 0.237. The van der Waals surface area contributed by atoms with Gasteiger partial charge in [0, 0.05) is 39.5 Å². The van der Waals surface area contributed by atoms with Gasteiger partial charge in [0.1, 0.15) is 45.4 Å². The van der Waals surface area contributed by atoms with Crippen molar-refractivity contribution in [1.29, 1.82) is 0 Å². The molecular formula is C38H26N12. The molecular weight excluding hydrogens is 625 g/mol. The summed E-state index contributed by atoms with van der Waals surface area (Å²) in [7, 11) is 0. The van der Waals surface area contributed by atoms with Crippen LogP contribution in [0, 0.1) is 27.7 Å². The van der Waals surface area contributed by atoms with E-state index in [0.717, 1.165) is 54.9 Å². The molecule has 0 aliphatic heterocycles. The molecule has 0 saturated carbocycles. The van der Waals surface area contributed by atoms with Crippen molar-refractivity contribution in [3.63, 3.8) is 0 Å². The normalized spacial score (nSPS) is 12.0. The first-order chi connectivity index (χ1) is 24.4. The van der Waals surface area contributed by atoms with E-state index in [4.69, 9.17) is 39.9 Å². The van der Waals surface area contributed by atoms with Crippen molar-refractivity contribution in [3.8, 4) is 11.3 Å². The van der Waals surface area contributed by atoms with Crippen LogP contribution < -0.4 is 5.48 Å². The average molecular weight is 651 g/mol. The van der Waals surface area contributed by atoms with Crippen LogP contribution in [-0.4, -0.2) is 58.6 Å². The summed E-state index contributed by atoms with van der Waals surface area (Å²) in [6, 6.07) is 22.7. The Kier molecular flexibility index (Phi) is 5.83. The number of para-hydroxylation sites is 2. The molecule has 0 aliphatic rings. The minimum atomic E-state index is 0.412. The van der Waals surface area contributed by atoms with Crippen LogP contribution in [0.3, 0.4) is 0 Å². The summed E-state index contributed by atoms with van der Waals surface area (Å²) in [4.78, 5) is 49.0. The first-order valence-corrected chi connectivity index (χ1v) is 16.2. The molecule has 3 aromatic carbocycles. The number of aromatic nitrogens is 12. The first-order valence-electron chi connectivity index (χ1n) is 16.2. The lowest BCUT2D eigenvalue weighted by atomic mass is 10.1. The molecule has 238 valence electrons. The second-order valence-corrected chi connectivity index (χ2v) is 12.3. The van der Waals surface area contributed by atoms with Crippen LogP contribution in [0.25, 0.3) is 71.7 Å². The summed E-state index contributed by atoms with van der Waals surface area (Å²) in [6.07, 6.45) is 5.26. The maximum absolute atomic E-state index is 5.27. The molecule has 12 nitrogen and oxygen atoms in total. The van der Waals surface area contributed by atoms with Crippen molar-refractivity contribution >= 4 is 60.5 Å². The van der Waals surface area contributed by atoms with Crippen LogP contribution in [0.4, 0.5) is 0 Å². The van der Waals surface area contributed by atoms with E-state index < -0.39 is 0 Å². The summed E-state index contributed by atoms with van der Waals surface area (Å²) >= 11 is 0. The van der Waals surface area contributed by atoms with Gasteiger partial charge >= 0.3 is 0 Å².